The first-order chi connectivity index (χ1) is 24.1. The van der Waals surface area contributed by atoms with Crippen LogP contribution in [0, 0.1) is 5.92 Å². The SMILES string of the molecule is CCCC(OC(=O)CCC(=O)O)OC(=O)CCC(=O)OC(C)CCCC(CC(=O)O)C(=O)O.O=C(CCC(=O)OCCCCO)OCCCCO. The van der Waals surface area contributed by atoms with E-state index in [1.54, 1.807) is 13.8 Å². The molecule has 294 valence electrons. The van der Waals surface area contributed by atoms with E-state index >= 15 is 0 Å². The van der Waals surface area contributed by atoms with Crippen LogP contribution in [0.3, 0.4) is 0 Å². The Bertz CT molecular complexity index is 1030. The number of aliphatic carboxylic acids is 3. The highest BCUT2D eigenvalue weighted by molar-refractivity contribution is 5.79. The molecule has 0 saturated carbocycles. The zero-order valence-electron chi connectivity index (χ0n) is 29.4. The summed E-state index contributed by atoms with van der Waals surface area (Å²) in [4.78, 5) is 90.0. The number of hydrogen-bond donors (Lipinski definition) is 5. The van der Waals surface area contributed by atoms with Crippen molar-refractivity contribution >= 4 is 47.8 Å². The third-order valence-corrected chi connectivity index (χ3v) is 6.56. The third kappa shape index (κ3) is 32.6. The summed E-state index contributed by atoms with van der Waals surface area (Å²) in [6, 6.07) is 0. The Kier molecular flexibility index (Phi) is 30.3. The van der Waals surface area contributed by atoms with Gasteiger partial charge in [0.25, 0.3) is 0 Å². The van der Waals surface area contributed by atoms with Crippen molar-refractivity contribution in [2.75, 3.05) is 26.4 Å². The Morgan fingerprint density at radius 2 is 0.980 bits per heavy atom. The normalized spacial score (nSPS) is 12.2. The molecule has 18 nitrogen and oxygen atoms in total. The van der Waals surface area contributed by atoms with Gasteiger partial charge in [-0.25, -0.2) is 0 Å². The molecule has 0 rings (SSSR count). The molecule has 0 radical (unpaired) electrons. The zero-order chi connectivity index (χ0) is 39.0. The fraction of sp³-hybridized carbons (Fsp3) is 0.758. The number of hydrogen-bond acceptors (Lipinski definition) is 15. The van der Waals surface area contributed by atoms with Gasteiger partial charge in [0.15, 0.2) is 0 Å². The average molecular weight is 739 g/mol. The van der Waals surface area contributed by atoms with Crippen LogP contribution < -0.4 is 0 Å². The van der Waals surface area contributed by atoms with Crippen molar-refractivity contribution in [3.8, 4) is 0 Å². The summed E-state index contributed by atoms with van der Waals surface area (Å²) >= 11 is 0. The van der Waals surface area contributed by atoms with Gasteiger partial charge in [-0.05, 0) is 58.3 Å². The topological polar surface area (TPSA) is 284 Å². The number of carbonyl (C=O) groups is 8. The van der Waals surface area contributed by atoms with Crippen molar-refractivity contribution in [3.05, 3.63) is 0 Å². The van der Waals surface area contributed by atoms with Gasteiger partial charge in [-0.15, -0.1) is 0 Å². The molecule has 18 heteroatoms. The van der Waals surface area contributed by atoms with Gasteiger partial charge in [0.05, 0.1) is 70.2 Å². The van der Waals surface area contributed by atoms with Crippen molar-refractivity contribution in [2.24, 2.45) is 5.92 Å². The second kappa shape index (κ2) is 31.6. The fourth-order valence-corrected chi connectivity index (χ4v) is 3.87. The van der Waals surface area contributed by atoms with Gasteiger partial charge in [-0.1, -0.05) is 6.92 Å². The molecule has 0 aromatic carbocycles. The number of ether oxygens (including phenoxy) is 5. The summed E-state index contributed by atoms with van der Waals surface area (Å²) in [6.07, 6.45) is 0.387. The van der Waals surface area contributed by atoms with Gasteiger partial charge in [0, 0.05) is 19.6 Å². The first-order valence-electron chi connectivity index (χ1n) is 16.9. The molecule has 3 unspecified atom stereocenters. The maximum atomic E-state index is 11.9. The Morgan fingerprint density at radius 1 is 0.529 bits per heavy atom. The van der Waals surface area contributed by atoms with Gasteiger partial charge >= 0.3 is 47.8 Å². The average Bonchev–Trinajstić information content (AvgIpc) is 3.05. The lowest BCUT2D eigenvalue weighted by Gasteiger charge is -2.18. The first-order valence-corrected chi connectivity index (χ1v) is 16.9. The smallest absolute Gasteiger partial charge is 0.309 e. The van der Waals surface area contributed by atoms with Gasteiger partial charge in [-0.3, -0.25) is 38.4 Å². The van der Waals surface area contributed by atoms with Crippen LogP contribution in [0.25, 0.3) is 0 Å². The Labute approximate surface area is 296 Å². The molecule has 0 aromatic heterocycles. The van der Waals surface area contributed by atoms with E-state index in [4.69, 9.17) is 49.2 Å². The molecule has 0 aliphatic carbocycles. The number of rotatable bonds is 29. The summed E-state index contributed by atoms with van der Waals surface area (Å²) in [6.45, 7) is 4.06. The van der Waals surface area contributed by atoms with Crippen LogP contribution in [0.5, 0.6) is 0 Å². The number of esters is 5. The van der Waals surface area contributed by atoms with Crippen LogP contribution in [0.15, 0.2) is 0 Å². The predicted molar refractivity (Wildman–Crippen MR) is 174 cm³/mol. The Morgan fingerprint density at radius 3 is 1.39 bits per heavy atom. The van der Waals surface area contributed by atoms with Gasteiger partial charge in [0.1, 0.15) is 0 Å². The van der Waals surface area contributed by atoms with Gasteiger partial charge in [0.2, 0.25) is 6.29 Å². The molecule has 51 heavy (non-hydrogen) atoms. The highest BCUT2D eigenvalue weighted by Crippen LogP contribution is 2.16. The predicted octanol–water partition coefficient (Wildman–Crippen LogP) is 2.52. The van der Waals surface area contributed by atoms with E-state index in [-0.39, 0.29) is 71.4 Å². The summed E-state index contributed by atoms with van der Waals surface area (Å²) in [5.74, 6) is -7.72. The van der Waals surface area contributed by atoms with E-state index < -0.39 is 78.9 Å². The molecule has 0 aromatic rings. The van der Waals surface area contributed by atoms with Crippen molar-refractivity contribution in [3.63, 3.8) is 0 Å². The maximum Gasteiger partial charge on any atom is 0.309 e. The van der Waals surface area contributed by atoms with E-state index in [0.29, 0.717) is 44.9 Å². The molecule has 0 saturated heterocycles. The van der Waals surface area contributed by atoms with Crippen LogP contribution in [0.1, 0.15) is 117 Å². The Balaban J connectivity index is 0. The van der Waals surface area contributed by atoms with E-state index in [1.807, 2.05) is 0 Å². The number of unbranched alkanes of at least 4 members (excludes halogenated alkanes) is 2. The van der Waals surface area contributed by atoms with Crippen LogP contribution in [-0.4, -0.2) is 112 Å². The molecule has 5 N–H and O–H groups in total. The molecule has 0 fully saturated rings. The van der Waals surface area contributed by atoms with E-state index in [1.165, 1.54) is 0 Å². The minimum Gasteiger partial charge on any atom is -0.481 e. The van der Waals surface area contributed by atoms with Gasteiger partial charge in [-0.2, -0.15) is 0 Å². The van der Waals surface area contributed by atoms with Crippen LogP contribution in [0.2, 0.25) is 0 Å². The number of aliphatic hydroxyl groups is 2. The lowest BCUT2D eigenvalue weighted by atomic mass is 9.97. The minimum absolute atomic E-state index is 0.0119. The van der Waals surface area contributed by atoms with Gasteiger partial charge < -0.3 is 49.2 Å². The summed E-state index contributed by atoms with van der Waals surface area (Å²) in [5.41, 5.74) is 0. The molecule has 0 amide bonds. The summed E-state index contributed by atoms with van der Waals surface area (Å²) in [5, 5.41) is 43.3. The van der Waals surface area contributed by atoms with Crippen molar-refractivity contribution in [2.45, 2.75) is 129 Å². The monoisotopic (exact) mass is 738 g/mol. The molecule has 0 spiro atoms. The molecular formula is C33H54O18. The number of carboxylic acids is 3. The third-order valence-electron chi connectivity index (χ3n) is 6.56. The summed E-state index contributed by atoms with van der Waals surface area (Å²) < 4.78 is 24.8. The minimum atomic E-state index is -1.20. The standard InChI is InChI=1S/C21H32O12.C12H22O6/c1-3-5-20(32-18(27)9-8-15(22)23)33-19(28)11-10-17(26)31-13(2)6-4-7-14(21(29)30)12-16(24)25;13-7-1-3-9-17-11(15)5-6-12(16)18-10-4-2-8-14/h13-14,20H,3-12H2,1-2H3,(H,22,23)(H,24,25)(H,29,30);13-14H,1-10H2. The molecule has 0 aliphatic heterocycles. The molecule has 3 atom stereocenters. The first kappa shape index (κ1) is 48.8. The van der Waals surface area contributed by atoms with Crippen molar-refractivity contribution < 1.29 is 87.6 Å². The molecule has 0 aliphatic rings. The number of aliphatic hydroxyl groups excluding tert-OH is 2. The van der Waals surface area contributed by atoms with Crippen LogP contribution in [-0.2, 0) is 62.0 Å². The maximum absolute atomic E-state index is 11.9. The van der Waals surface area contributed by atoms with E-state index in [0.717, 1.165) is 0 Å². The second-order valence-corrected chi connectivity index (χ2v) is 11.3. The van der Waals surface area contributed by atoms with Crippen molar-refractivity contribution in [1.82, 2.24) is 0 Å². The van der Waals surface area contributed by atoms with Crippen LogP contribution in [0.4, 0.5) is 0 Å². The Hall–Kier alpha value is -4.32. The fourth-order valence-electron chi connectivity index (χ4n) is 3.87. The molecular weight excluding hydrogens is 684 g/mol. The quantitative estimate of drug-likeness (QED) is 0.0319. The highest BCUT2D eigenvalue weighted by atomic mass is 16.7. The highest BCUT2D eigenvalue weighted by Gasteiger charge is 2.22. The van der Waals surface area contributed by atoms with Crippen molar-refractivity contribution in [1.29, 1.82) is 0 Å². The summed E-state index contributed by atoms with van der Waals surface area (Å²) in [7, 11) is 0. The zero-order valence-corrected chi connectivity index (χ0v) is 29.4. The lowest BCUT2D eigenvalue weighted by Crippen LogP contribution is -2.25. The lowest BCUT2D eigenvalue weighted by molar-refractivity contribution is -0.190. The molecule has 0 bridgehead atoms. The van der Waals surface area contributed by atoms with E-state index in [2.05, 4.69) is 0 Å². The second-order valence-electron chi connectivity index (χ2n) is 11.3. The number of carboxylic acid groups (broad SMARTS) is 3. The largest absolute Gasteiger partial charge is 0.481 e. The molecule has 0 heterocycles. The number of carbonyl (C=O) groups excluding carboxylic acids is 5. The van der Waals surface area contributed by atoms with Crippen LogP contribution >= 0.6 is 0 Å². The van der Waals surface area contributed by atoms with E-state index in [9.17, 15) is 38.4 Å².